The third kappa shape index (κ3) is 3.65. The van der Waals surface area contributed by atoms with Crippen molar-refractivity contribution in [2.45, 2.75) is 18.9 Å². The molecule has 0 spiro atoms. The van der Waals surface area contributed by atoms with Crippen molar-refractivity contribution in [3.63, 3.8) is 0 Å². The fourth-order valence-electron chi connectivity index (χ4n) is 4.86. The molecule has 2 aliphatic heterocycles. The summed E-state index contributed by atoms with van der Waals surface area (Å²) in [5.41, 5.74) is 8.64. The predicted molar refractivity (Wildman–Crippen MR) is 127 cm³/mol. The summed E-state index contributed by atoms with van der Waals surface area (Å²) in [4.78, 5) is 36.4. The summed E-state index contributed by atoms with van der Waals surface area (Å²) in [5, 5.41) is 0. The molecule has 0 saturated carbocycles. The molecule has 2 aromatic carbocycles. The number of amides is 2. The molecule has 1 saturated heterocycles. The van der Waals surface area contributed by atoms with Crippen LogP contribution in [-0.2, 0) is 0 Å². The van der Waals surface area contributed by atoms with Gasteiger partial charge in [0.15, 0.2) is 22.8 Å². The molecule has 2 aromatic heterocycles. The molecule has 2 N–H and O–H groups in total. The molecule has 0 radical (unpaired) electrons. The van der Waals surface area contributed by atoms with E-state index in [0.717, 1.165) is 29.7 Å². The molecule has 35 heavy (non-hydrogen) atoms. The van der Waals surface area contributed by atoms with Gasteiger partial charge in [0.05, 0.1) is 11.7 Å². The zero-order valence-corrected chi connectivity index (χ0v) is 18.9. The molecule has 9 nitrogen and oxygen atoms in total. The topological polar surface area (TPSA) is 112 Å². The lowest BCUT2D eigenvalue weighted by Crippen LogP contribution is -2.31. The van der Waals surface area contributed by atoms with Gasteiger partial charge in [-0.05, 0) is 42.2 Å². The average Bonchev–Trinajstić information content (AvgIpc) is 3.55. The number of rotatable bonds is 4. The van der Waals surface area contributed by atoms with Crippen LogP contribution in [0.15, 0.2) is 60.9 Å². The lowest BCUT2D eigenvalue weighted by Gasteiger charge is -2.26. The van der Waals surface area contributed by atoms with Crippen LogP contribution >= 0.6 is 0 Å². The van der Waals surface area contributed by atoms with Crippen LogP contribution in [0, 0.1) is 0 Å². The summed E-state index contributed by atoms with van der Waals surface area (Å²) < 4.78 is 13.1. The summed E-state index contributed by atoms with van der Waals surface area (Å²) in [7, 11) is 0. The second kappa shape index (κ2) is 8.43. The van der Waals surface area contributed by atoms with Gasteiger partial charge in [-0.2, -0.15) is 0 Å². The van der Waals surface area contributed by atoms with E-state index in [-0.39, 0.29) is 29.0 Å². The minimum atomic E-state index is -0.695. The minimum absolute atomic E-state index is 0.0293. The first-order chi connectivity index (χ1) is 17.1. The Balaban J connectivity index is 1.42. The molecule has 2 aliphatic rings. The first-order valence-corrected chi connectivity index (χ1v) is 11.5. The third-order valence-electron chi connectivity index (χ3n) is 6.49. The zero-order chi connectivity index (χ0) is 23.9. The number of carbonyl (C=O) groups is 2. The van der Waals surface area contributed by atoms with Crippen molar-refractivity contribution >= 4 is 17.5 Å². The molecular formula is C26H23N5O4. The number of carbonyl (C=O) groups excluding carboxylic acids is 2. The van der Waals surface area contributed by atoms with Gasteiger partial charge in [0, 0.05) is 6.54 Å². The van der Waals surface area contributed by atoms with Gasteiger partial charge in [-0.1, -0.05) is 36.4 Å². The van der Waals surface area contributed by atoms with E-state index < -0.39 is 5.91 Å². The van der Waals surface area contributed by atoms with Crippen molar-refractivity contribution in [1.29, 1.82) is 0 Å². The van der Waals surface area contributed by atoms with E-state index in [2.05, 4.69) is 9.97 Å². The number of hydrogen-bond acceptors (Lipinski definition) is 6. The first kappa shape index (κ1) is 21.2. The number of primary amides is 1. The molecule has 1 fully saturated rings. The van der Waals surface area contributed by atoms with Gasteiger partial charge in [-0.15, -0.1) is 0 Å². The largest absolute Gasteiger partial charge is 0.486 e. The number of hydrogen-bond donors (Lipinski definition) is 1. The Kier molecular flexibility index (Phi) is 5.09. The standard InChI is InChI=1S/C26H23N5O4/c27-24(32)23-25-29-18(14-20(31(25)15-28-23)16-5-2-1-3-6-16)26(33)30-10-4-7-19(30)17-8-9-21-22(13-17)35-12-11-34-21/h1-3,5-6,8-9,13-15,19H,4,7,10-12H2,(H2,27,32). The Labute approximate surface area is 201 Å². The van der Waals surface area contributed by atoms with Gasteiger partial charge in [-0.25, -0.2) is 9.97 Å². The van der Waals surface area contributed by atoms with E-state index in [1.54, 1.807) is 10.5 Å². The predicted octanol–water partition coefficient (Wildman–Crippen LogP) is 3.24. The number of likely N-dealkylation sites (tertiary alicyclic amines) is 1. The quantitative estimate of drug-likeness (QED) is 0.491. The van der Waals surface area contributed by atoms with Gasteiger partial charge in [0.2, 0.25) is 0 Å². The van der Waals surface area contributed by atoms with Crippen LogP contribution in [0.4, 0.5) is 0 Å². The minimum Gasteiger partial charge on any atom is -0.486 e. The molecule has 176 valence electrons. The van der Waals surface area contributed by atoms with E-state index in [1.807, 2.05) is 53.4 Å². The Hall–Kier alpha value is -4.40. The molecular weight excluding hydrogens is 446 g/mol. The van der Waals surface area contributed by atoms with E-state index >= 15 is 0 Å². The van der Waals surface area contributed by atoms with E-state index in [0.29, 0.717) is 31.2 Å². The number of fused-ring (bicyclic) bond motifs is 2. The van der Waals surface area contributed by atoms with Crippen molar-refractivity contribution in [2.24, 2.45) is 5.73 Å². The molecule has 2 amide bonds. The summed E-state index contributed by atoms with van der Waals surface area (Å²) in [6.45, 7) is 1.64. The van der Waals surface area contributed by atoms with Crippen LogP contribution in [-0.4, -0.2) is 50.8 Å². The molecule has 0 bridgehead atoms. The third-order valence-corrected chi connectivity index (χ3v) is 6.49. The van der Waals surface area contributed by atoms with E-state index in [1.165, 1.54) is 6.33 Å². The highest BCUT2D eigenvalue weighted by Crippen LogP contribution is 2.38. The van der Waals surface area contributed by atoms with Crippen molar-refractivity contribution < 1.29 is 19.1 Å². The fourth-order valence-corrected chi connectivity index (χ4v) is 4.86. The Morgan fingerprint density at radius 2 is 1.80 bits per heavy atom. The van der Waals surface area contributed by atoms with Crippen molar-refractivity contribution in [3.05, 3.63) is 77.9 Å². The van der Waals surface area contributed by atoms with Crippen LogP contribution < -0.4 is 15.2 Å². The Morgan fingerprint density at radius 1 is 1.00 bits per heavy atom. The molecule has 0 aliphatic carbocycles. The second-order valence-electron chi connectivity index (χ2n) is 8.60. The van der Waals surface area contributed by atoms with Gasteiger partial charge < -0.3 is 20.1 Å². The van der Waals surface area contributed by atoms with Gasteiger partial charge in [0.25, 0.3) is 11.8 Å². The van der Waals surface area contributed by atoms with Crippen molar-refractivity contribution in [3.8, 4) is 22.8 Å². The first-order valence-electron chi connectivity index (χ1n) is 11.5. The number of imidazole rings is 1. The lowest BCUT2D eigenvalue weighted by molar-refractivity contribution is 0.0729. The highest BCUT2D eigenvalue weighted by atomic mass is 16.6. The monoisotopic (exact) mass is 469 g/mol. The van der Waals surface area contributed by atoms with Crippen molar-refractivity contribution in [2.75, 3.05) is 19.8 Å². The normalized spacial score (nSPS) is 17.0. The average molecular weight is 470 g/mol. The molecule has 4 aromatic rings. The second-order valence-corrected chi connectivity index (χ2v) is 8.60. The summed E-state index contributed by atoms with van der Waals surface area (Å²) >= 11 is 0. The number of aromatic nitrogens is 3. The van der Waals surface area contributed by atoms with E-state index in [4.69, 9.17) is 15.2 Å². The van der Waals surface area contributed by atoms with Crippen molar-refractivity contribution in [1.82, 2.24) is 19.3 Å². The summed E-state index contributed by atoms with van der Waals surface area (Å²) in [6.07, 6.45) is 3.21. The zero-order valence-electron chi connectivity index (χ0n) is 18.9. The molecule has 1 atom stereocenters. The number of ether oxygens (including phenoxy) is 2. The Morgan fingerprint density at radius 3 is 2.60 bits per heavy atom. The van der Waals surface area contributed by atoms with Crippen LogP contribution in [0.2, 0.25) is 0 Å². The van der Waals surface area contributed by atoms with Gasteiger partial charge >= 0.3 is 0 Å². The lowest BCUT2D eigenvalue weighted by atomic mass is 10.0. The van der Waals surface area contributed by atoms with E-state index in [9.17, 15) is 9.59 Å². The maximum absolute atomic E-state index is 13.8. The number of benzene rings is 2. The number of nitrogens with zero attached hydrogens (tertiary/aromatic N) is 4. The van der Waals surface area contributed by atoms with Crippen LogP contribution in [0.1, 0.15) is 45.4 Å². The summed E-state index contributed by atoms with van der Waals surface area (Å²) in [6, 6.07) is 17.1. The molecule has 6 rings (SSSR count). The van der Waals surface area contributed by atoms with Crippen LogP contribution in [0.25, 0.3) is 16.9 Å². The molecule has 1 unspecified atom stereocenters. The van der Waals surface area contributed by atoms with Crippen LogP contribution in [0.3, 0.4) is 0 Å². The highest BCUT2D eigenvalue weighted by Gasteiger charge is 2.33. The fraction of sp³-hybridized carbons (Fsp3) is 0.231. The smallest absolute Gasteiger partial charge is 0.273 e. The van der Waals surface area contributed by atoms with Crippen LogP contribution in [0.5, 0.6) is 11.5 Å². The number of nitrogens with two attached hydrogens (primary N) is 1. The highest BCUT2D eigenvalue weighted by molar-refractivity contribution is 5.99. The maximum atomic E-state index is 13.8. The molecule has 9 heteroatoms. The molecule has 4 heterocycles. The summed E-state index contributed by atoms with van der Waals surface area (Å²) in [5.74, 6) is 0.511. The Bertz CT molecular complexity index is 1450. The maximum Gasteiger partial charge on any atom is 0.273 e. The SMILES string of the molecule is NC(=O)c1ncn2c(-c3ccccc3)cc(C(=O)N3CCCC3c3ccc4c(c3)OCCO4)nc12. The van der Waals surface area contributed by atoms with Gasteiger partial charge in [0.1, 0.15) is 25.2 Å². The van der Waals surface area contributed by atoms with Gasteiger partial charge in [-0.3, -0.25) is 14.0 Å².